The van der Waals surface area contributed by atoms with Gasteiger partial charge in [0.05, 0.1) is 0 Å². The van der Waals surface area contributed by atoms with Crippen LogP contribution in [0.15, 0.2) is 0 Å². The molecule has 4 atom stereocenters. The van der Waals surface area contributed by atoms with Gasteiger partial charge in [-0.05, 0) is 65.2 Å². The summed E-state index contributed by atoms with van der Waals surface area (Å²) < 4.78 is 0. The number of hydrogen-bond acceptors (Lipinski definition) is 3. The minimum Gasteiger partial charge on any atom is -0.313 e. The van der Waals surface area contributed by atoms with Crippen molar-refractivity contribution in [1.82, 2.24) is 15.1 Å². The van der Waals surface area contributed by atoms with Gasteiger partial charge < -0.3 is 10.2 Å². The summed E-state index contributed by atoms with van der Waals surface area (Å²) in [7, 11) is 4.49. The molecule has 21 heavy (non-hydrogen) atoms. The number of nitrogens with one attached hydrogen (secondary N) is 1. The topological polar surface area (TPSA) is 18.5 Å². The Labute approximate surface area is 132 Å². The smallest absolute Gasteiger partial charge is 0.0252 e. The van der Waals surface area contributed by atoms with Gasteiger partial charge in [0.1, 0.15) is 0 Å². The lowest BCUT2D eigenvalue weighted by Crippen LogP contribution is -2.57. The second-order valence-electron chi connectivity index (χ2n) is 7.45. The van der Waals surface area contributed by atoms with Gasteiger partial charge in [0.2, 0.25) is 0 Å². The minimum absolute atomic E-state index is 0.726. The zero-order valence-electron chi connectivity index (χ0n) is 14.8. The second kappa shape index (κ2) is 8.50. The van der Waals surface area contributed by atoms with E-state index in [0.29, 0.717) is 0 Å². The van der Waals surface area contributed by atoms with Gasteiger partial charge in [0.25, 0.3) is 0 Å². The van der Waals surface area contributed by atoms with E-state index in [-0.39, 0.29) is 0 Å². The van der Waals surface area contributed by atoms with E-state index in [1.54, 1.807) is 0 Å². The molecule has 2 rings (SSSR count). The van der Waals surface area contributed by atoms with Gasteiger partial charge in [0.15, 0.2) is 0 Å². The highest BCUT2D eigenvalue weighted by atomic mass is 15.2. The van der Waals surface area contributed by atoms with Crippen molar-refractivity contribution in [3.63, 3.8) is 0 Å². The van der Waals surface area contributed by atoms with Gasteiger partial charge in [-0.3, -0.25) is 4.90 Å². The fraction of sp³-hybridized carbons (Fsp3) is 1.00. The van der Waals surface area contributed by atoms with Gasteiger partial charge in [-0.25, -0.2) is 0 Å². The molecule has 0 bridgehead atoms. The Balaban J connectivity index is 2.00. The summed E-state index contributed by atoms with van der Waals surface area (Å²) in [5.74, 6) is 0.967. The lowest BCUT2D eigenvalue weighted by Gasteiger charge is -2.47. The van der Waals surface area contributed by atoms with Crippen molar-refractivity contribution in [2.24, 2.45) is 5.92 Å². The third-order valence-corrected chi connectivity index (χ3v) is 5.72. The molecule has 0 aromatic carbocycles. The van der Waals surface area contributed by atoms with Crippen LogP contribution in [0.1, 0.15) is 58.8 Å². The summed E-state index contributed by atoms with van der Waals surface area (Å²) in [6, 6.07) is 2.26. The van der Waals surface area contributed by atoms with Crippen molar-refractivity contribution in [2.75, 3.05) is 33.7 Å². The molecule has 124 valence electrons. The first kappa shape index (κ1) is 17.2. The molecule has 0 radical (unpaired) electrons. The Morgan fingerprint density at radius 3 is 2.62 bits per heavy atom. The fourth-order valence-electron chi connectivity index (χ4n) is 4.51. The molecule has 1 heterocycles. The molecule has 1 N–H and O–H groups in total. The molecular weight excluding hydrogens is 258 g/mol. The average molecular weight is 296 g/mol. The second-order valence-corrected chi connectivity index (χ2v) is 7.45. The van der Waals surface area contributed by atoms with E-state index in [9.17, 15) is 0 Å². The number of likely N-dealkylation sites (tertiary alicyclic amines) is 1. The van der Waals surface area contributed by atoms with Gasteiger partial charge >= 0.3 is 0 Å². The van der Waals surface area contributed by atoms with Crippen LogP contribution in [0.4, 0.5) is 0 Å². The van der Waals surface area contributed by atoms with Crippen LogP contribution in [0.2, 0.25) is 0 Å². The average Bonchev–Trinajstić information content (AvgIpc) is 2.49. The van der Waals surface area contributed by atoms with E-state index >= 15 is 0 Å². The van der Waals surface area contributed by atoms with Crippen LogP contribution in [-0.2, 0) is 0 Å². The molecule has 2 fully saturated rings. The number of rotatable bonds is 6. The quantitative estimate of drug-likeness (QED) is 0.813. The molecule has 1 aliphatic carbocycles. The summed E-state index contributed by atoms with van der Waals surface area (Å²) in [5, 5.41) is 3.78. The predicted molar refractivity (Wildman–Crippen MR) is 91.8 cm³/mol. The normalized spacial score (nSPS) is 35.3. The van der Waals surface area contributed by atoms with Crippen LogP contribution >= 0.6 is 0 Å². The van der Waals surface area contributed by atoms with Crippen molar-refractivity contribution < 1.29 is 0 Å². The first-order chi connectivity index (χ1) is 10.2. The Morgan fingerprint density at radius 2 is 1.95 bits per heavy atom. The van der Waals surface area contributed by atoms with Gasteiger partial charge in [-0.15, -0.1) is 0 Å². The Morgan fingerprint density at radius 1 is 1.14 bits per heavy atom. The van der Waals surface area contributed by atoms with E-state index < -0.39 is 0 Å². The molecule has 2 aliphatic rings. The zero-order valence-corrected chi connectivity index (χ0v) is 14.8. The van der Waals surface area contributed by atoms with E-state index in [1.165, 1.54) is 58.0 Å². The van der Waals surface area contributed by atoms with Crippen molar-refractivity contribution in [2.45, 2.75) is 76.9 Å². The summed E-state index contributed by atoms with van der Waals surface area (Å²) in [6.07, 6.45) is 9.77. The van der Waals surface area contributed by atoms with E-state index in [1.807, 2.05) is 0 Å². The highest BCUT2D eigenvalue weighted by Gasteiger charge is 2.35. The maximum absolute atomic E-state index is 3.78. The summed E-state index contributed by atoms with van der Waals surface area (Å²) in [5.41, 5.74) is 0. The molecule has 3 heteroatoms. The third-order valence-electron chi connectivity index (χ3n) is 5.72. The molecule has 1 saturated heterocycles. The summed E-state index contributed by atoms with van der Waals surface area (Å²) >= 11 is 0. The maximum Gasteiger partial charge on any atom is 0.0252 e. The summed E-state index contributed by atoms with van der Waals surface area (Å²) in [4.78, 5) is 5.25. The molecule has 4 unspecified atom stereocenters. The zero-order chi connectivity index (χ0) is 15.2. The standard InChI is InChI=1S/C18H37N3/c1-5-8-15-10-11-17(19-6-2)18(13-15)21-12-7-9-16(14-21)20(3)4/h15-19H,5-14H2,1-4H3. The monoisotopic (exact) mass is 295 g/mol. The van der Waals surface area contributed by atoms with Gasteiger partial charge in [-0.1, -0.05) is 26.7 Å². The third kappa shape index (κ3) is 4.67. The lowest BCUT2D eigenvalue weighted by atomic mass is 9.79. The lowest BCUT2D eigenvalue weighted by molar-refractivity contribution is 0.0459. The van der Waals surface area contributed by atoms with Crippen LogP contribution in [0.3, 0.4) is 0 Å². The highest BCUT2D eigenvalue weighted by molar-refractivity contribution is 4.93. The number of piperidine rings is 1. The minimum atomic E-state index is 0.726. The van der Waals surface area contributed by atoms with Gasteiger partial charge in [-0.2, -0.15) is 0 Å². The predicted octanol–water partition coefficient (Wildman–Crippen LogP) is 2.96. The fourth-order valence-corrected chi connectivity index (χ4v) is 4.51. The maximum atomic E-state index is 3.78. The van der Waals surface area contributed by atoms with Crippen LogP contribution < -0.4 is 5.32 Å². The first-order valence-corrected chi connectivity index (χ1v) is 9.29. The molecule has 0 aromatic heterocycles. The molecule has 0 amide bonds. The molecule has 3 nitrogen and oxygen atoms in total. The molecule has 1 saturated carbocycles. The number of nitrogens with zero attached hydrogens (tertiary/aromatic N) is 2. The van der Waals surface area contributed by atoms with Crippen molar-refractivity contribution in [3.8, 4) is 0 Å². The Kier molecular flexibility index (Phi) is 6.97. The largest absolute Gasteiger partial charge is 0.313 e. The first-order valence-electron chi connectivity index (χ1n) is 9.29. The van der Waals surface area contributed by atoms with Crippen molar-refractivity contribution in [1.29, 1.82) is 0 Å². The van der Waals surface area contributed by atoms with Gasteiger partial charge in [0, 0.05) is 24.7 Å². The Bertz CT molecular complexity index is 292. The molecular formula is C18H37N3. The van der Waals surface area contributed by atoms with Crippen LogP contribution in [-0.4, -0.2) is 61.7 Å². The van der Waals surface area contributed by atoms with Crippen LogP contribution in [0, 0.1) is 5.92 Å². The summed E-state index contributed by atoms with van der Waals surface area (Å²) in [6.45, 7) is 8.31. The molecule has 0 aromatic rings. The SMILES string of the molecule is CCCC1CCC(NCC)C(N2CCCC(N(C)C)C2)C1. The Hall–Kier alpha value is -0.120. The van der Waals surface area contributed by atoms with Crippen LogP contribution in [0.25, 0.3) is 0 Å². The van der Waals surface area contributed by atoms with E-state index in [4.69, 9.17) is 0 Å². The highest BCUT2D eigenvalue weighted by Crippen LogP contribution is 2.32. The van der Waals surface area contributed by atoms with E-state index in [0.717, 1.165) is 30.6 Å². The number of hydrogen-bond donors (Lipinski definition) is 1. The molecule has 1 aliphatic heterocycles. The molecule has 0 spiro atoms. The van der Waals surface area contributed by atoms with Crippen molar-refractivity contribution >= 4 is 0 Å². The van der Waals surface area contributed by atoms with E-state index in [2.05, 4.69) is 43.1 Å². The van der Waals surface area contributed by atoms with Crippen molar-refractivity contribution in [3.05, 3.63) is 0 Å². The van der Waals surface area contributed by atoms with Crippen LogP contribution in [0.5, 0.6) is 0 Å². The number of likely N-dealkylation sites (N-methyl/N-ethyl adjacent to an activating group) is 2.